The Morgan fingerprint density at radius 3 is 2.77 bits per heavy atom. The molecule has 7 nitrogen and oxygen atoms in total. The second-order valence-corrected chi connectivity index (χ2v) is 7.72. The van der Waals surface area contributed by atoms with Crippen LogP contribution in [-0.2, 0) is 4.79 Å². The maximum Gasteiger partial charge on any atom is 0.267 e. The molecule has 0 aliphatic rings. The van der Waals surface area contributed by atoms with E-state index in [0.717, 1.165) is 17.3 Å². The van der Waals surface area contributed by atoms with Crippen LogP contribution in [0.1, 0.15) is 5.56 Å². The summed E-state index contributed by atoms with van der Waals surface area (Å²) < 4.78 is 1.43. The number of benzene rings is 1. The summed E-state index contributed by atoms with van der Waals surface area (Å²) in [6.07, 6.45) is 3.18. The van der Waals surface area contributed by atoms with Crippen LogP contribution in [0.25, 0.3) is 16.7 Å². The number of amides is 1. The van der Waals surface area contributed by atoms with E-state index in [-0.39, 0.29) is 22.4 Å². The standard InChI is InChI=1S/C21H16ClN5O2S/c1-13-8-10-23-17(11-13)27-20(29)14-5-2-3-6-15(14)26-21(27)30-12-18(28)25-16-7-4-9-24-19(16)22/h2-11H,12H2,1H3,(H,25,28). The summed E-state index contributed by atoms with van der Waals surface area (Å²) in [4.78, 5) is 38.5. The smallest absolute Gasteiger partial charge is 0.267 e. The fourth-order valence-electron chi connectivity index (χ4n) is 2.85. The summed E-state index contributed by atoms with van der Waals surface area (Å²) in [6.45, 7) is 1.92. The van der Waals surface area contributed by atoms with Gasteiger partial charge in [-0.3, -0.25) is 9.59 Å². The zero-order valence-electron chi connectivity index (χ0n) is 15.9. The third-order valence-corrected chi connectivity index (χ3v) is 5.48. The Labute approximate surface area is 181 Å². The van der Waals surface area contributed by atoms with Crippen molar-refractivity contribution in [1.82, 2.24) is 19.5 Å². The number of hydrogen-bond donors (Lipinski definition) is 1. The van der Waals surface area contributed by atoms with Crippen LogP contribution < -0.4 is 10.9 Å². The second-order valence-electron chi connectivity index (χ2n) is 6.42. The van der Waals surface area contributed by atoms with Gasteiger partial charge in [0.15, 0.2) is 10.3 Å². The summed E-state index contributed by atoms with van der Waals surface area (Å²) in [6, 6.07) is 14.1. The van der Waals surface area contributed by atoms with E-state index in [1.165, 1.54) is 4.57 Å². The highest BCUT2D eigenvalue weighted by Gasteiger charge is 2.16. The van der Waals surface area contributed by atoms with E-state index in [0.29, 0.717) is 27.6 Å². The SMILES string of the molecule is Cc1ccnc(-n2c(SCC(=O)Nc3cccnc3Cl)nc3ccccc3c2=O)c1. The first-order valence-corrected chi connectivity index (χ1v) is 10.4. The van der Waals surface area contributed by atoms with Crippen molar-refractivity contribution in [1.29, 1.82) is 0 Å². The normalized spacial score (nSPS) is 10.9. The van der Waals surface area contributed by atoms with E-state index < -0.39 is 0 Å². The highest BCUT2D eigenvalue weighted by Crippen LogP contribution is 2.22. The van der Waals surface area contributed by atoms with Gasteiger partial charge in [0, 0.05) is 12.4 Å². The maximum atomic E-state index is 13.2. The first kappa shape index (κ1) is 20.1. The van der Waals surface area contributed by atoms with Gasteiger partial charge in [-0.1, -0.05) is 35.5 Å². The van der Waals surface area contributed by atoms with Crippen LogP contribution in [0, 0.1) is 6.92 Å². The average Bonchev–Trinajstić information content (AvgIpc) is 2.74. The third kappa shape index (κ3) is 4.19. The molecule has 1 amide bonds. The van der Waals surface area contributed by atoms with E-state index in [4.69, 9.17) is 11.6 Å². The number of halogens is 1. The molecule has 150 valence electrons. The molecular weight excluding hydrogens is 422 g/mol. The molecule has 0 saturated carbocycles. The van der Waals surface area contributed by atoms with Crippen LogP contribution in [0.4, 0.5) is 5.69 Å². The zero-order valence-corrected chi connectivity index (χ0v) is 17.4. The molecule has 0 atom stereocenters. The Kier molecular flexibility index (Phi) is 5.78. The summed E-state index contributed by atoms with van der Waals surface area (Å²) in [5.74, 6) is 0.194. The number of anilines is 1. The van der Waals surface area contributed by atoms with Gasteiger partial charge in [-0.05, 0) is 48.9 Å². The summed E-state index contributed by atoms with van der Waals surface area (Å²) in [5.41, 5.74) is 1.70. The lowest BCUT2D eigenvalue weighted by Crippen LogP contribution is -2.23. The van der Waals surface area contributed by atoms with Crippen molar-refractivity contribution in [2.24, 2.45) is 0 Å². The fraction of sp³-hybridized carbons (Fsp3) is 0.0952. The van der Waals surface area contributed by atoms with Crippen molar-refractivity contribution in [3.63, 3.8) is 0 Å². The molecule has 3 aromatic heterocycles. The highest BCUT2D eigenvalue weighted by molar-refractivity contribution is 7.99. The molecule has 0 unspecified atom stereocenters. The number of aromatic nitrogens is 4. The van der Waals surface area contributed by atoms with Gasteiger partial charge in [-0.2, -0.15) is 0 Å². The first-order chi connectivity index (χ1) is 14.5. The Balaban J connectivity index is 1.69. The molecule has 1 N–H and O–H groups in total. The minimum atomic E-state index is -0.291. The number of aryl methyl sites for hydroxylation is 1. The number of pyridine rings is 2. The number of thioether (sulfide) groups is 1. The lowest BCUT2D eigenvalue weighted by atomic mass is 10.2. The number of fused-ring (bicyclic) bond motifs is 1. The van der Waals surface area contributed by atoms with Gasteiger partial charge in [0.25, 0.3) is 5.56 Å². The predicted octanol–water partition coefficient (Wildman–Crippen LogP) is 3.87. The summed E-state index contributed by atoms with van der Waals surface area (Å²) >= 11 is 7.14. The van der Waals surface area contributed by atoms with E-state index in [9.17, 15) is 9.59 Å². The predicted molar refractivity (Wildman–Crippen MR) is 118 cm³/mol. The first-order valence-electron chi connectivity index (χ1n) is 9.01. The van der Waals surface area contributed by atoms with Gasteiger partial charge in [0.1, 0.15) is 5.82 Å². The molecule has 0 fully saturated rings. The minimum Gasteiger partial charge on any atom is -0.323 e. The quantitative estimate of drug-likeness (QED) is 0.289. The molecule has 30 heavy (non-hydrogen) atoms. The Bertz CT molecular complexity index is 1310. The molecule has 0 aliphatic carbocycles. The van der Waals surface area contributed by atoms with E-state index in [1.807, 2.05) is 19.1 Å². The van der Waals surface area contributed by atoms with Gasteiger partial charge in [0.05, 0.1) is 22.3 Å². The van der Waals surface area contributed by atoms with Crippen molar-refractivity contribution in [3.05, 3.63) is 82.0 Å². The van der Waals surface area contributed by atoms with Crippen molar-refractivity contribution >= 4 is 45.9 Å². The third-order valence-electron chi connectivity index (χ3n) is 4.24. The molecule has 3 heterocycles. The molecular formula is C21H16ClN5O2S. The molecule has 0 aliphatic heterocycles. The number of nitrogens with zero attached hydrogens (tertiary/aromatic N) is 4. The molecule has 0 radical (unpaired) electrons. The zero-order chi connectivity index (χ0) is 21.1. The number of carbonyl (C=O) groups excluding carboxylic acids is 1. The molecule has 0 spiro atoms. The Hall–Kier alpha value is -3.23. The molecule has 0 saturated heterocycles. The highest BCUT2D eigenvalue weighted by atomic mass is 35.5. The van der Waals surface area contributed by atoms with Gasteiger partial charge in [-0.15, -0.1) is 0 Å². The van der Waals surface area contributed by atoms with Crippen LogP contribution in [0.3, 0.4) is 0 Å². The Morgan fingerprint density at radius 2 is 1.97 bits per heavy atom. The molecule has 9 heteroatoms. The number of para-hydroxylation sites is 1. The summed E-state index contributed by atoms with van der Waals surface area (Å²) in [7, 11) is 0. The van der Waals surface area contributed by atoms with Crippen molar-refractivity contribution in [2.45, 2.75) is 12.1 Å². The van der Waals surface area contributed by atoms with Gasteiger partial charge >= 0.3 is 0 Å². The fourth-order valence-corrected chi connectivity index (χ4v) is 3.82. The minimum absolute atomic E-state index is 0.0296. The lowest BCUT2D eigenvalue weighted by molar-refractivity contribution is -0.113. The topological polar surface area (TPSA) is 89.8 Å². The van der Waals surface area contributed by atoms with Crippen LogP contribution in [0.2, 0.25) is 5.15 Å². The van der Waals surface area contributed by atoms with E-state index in [1.54, 1.807) is 48.8 Å². The van der Waals surface area contributed by atoms with Gasteiger partial charge in [-0.25, -0.2) is 19.5 Å². The largest absolute Gasteiger partial charge is 0.323 e. The number of hydrogen-bond acceptors (Lipinski definition) is 6. The molecule has 4 aromatic rings. The second kappa shape index (κ2) is 8.64. The van der Waals surface area contributed by atoms with Crippen molar-refractivity contribution < 1.29 is 4.79 Å². The van der Waals surface area contributed by atoms with Crippen molar-refractivity contribution in [2.75, 3.05) is 11.1 Å². The average molecular weight is 438 g/mol. The Morgan fingerprint density at radius 1 is 1.13 bits per heavy atom. The number of rotatable bonds is 5. The molecule has 0 bridgehead atoms. The van der Waals surface area contributed by atoms with Crippen LogP contribution >= 0.6 is 23.4 Å². The molecule has 4 rings (SSSR count). The lowest BCUT2D eigenvalue weighted by Gasteiger charge is -2.13. The van der Waals surface area contributed by atoms with E-state index in [2.05, 4.69) is 20.3 Å². The number of nitrogens with one attached hydrogen (secondary N) is 1. The molecule has 1 aromatic carbocycles. The summed E-state index contributed by atoms with van der Waals surface area (Å²) in [5, 5.41) is 3.79. The van der Waals surface area contributed by atoms with Crippen molar-refractivity contribution in [3.8, 4) is 5.82 Å². The number of carbonyl (C=O) groups is 1. The van der Waals surface area contributed by atoms with Crippen LogP contribution in [0.15, 0.2) is 70.9 Å². The van der Waals surface area contributed by atoms with Crippen LogP contribution in [0.5, 0.6) is 0 Å². The monoisotopic (exact) mass is 437 g/mol. The van der Waals surface area contributed by atoms with E-state index >= 15 is 0 Å². The maximum absolute atomic E-state index is 13.2. The van der Waals surface area contributed by atoms with Gasteiger partial charge < -0.3 is 5.32 Å². The van der Waals surface area contributed by atoms with Crippen LogP contribution in [-0.4, -0.2) is 31.2 Å². The van der Waals surface area contributed by atoms with Gasteiger partial charge in [0.2, 0.25) is 5.91 Å².